The summed E-state index contributed by atoms with van der Waals surface area (Å²) in [7, 11) is 0. The predicted molar refractivity (Wildman–Crippen MR) is 213 cm³/mol. The highest BCUT2D eigenvalue weighted by molar-refractivity contribution is 6.25. The van der Waals surface area contributed by atoms with Crippen molar-refractivity contribution in [2.45, 2.75) is 0 Å². The summed E-state index contributed by atoms with van der Waals surface area (Å²) in [6.45, 7) is 0. The minimum atomic E-state index is -1.05. The lowest BCUT2D eigenvalue weighted by atomic mass is 9.94. The van der Waals surface area contributed by atoms with E-state index in [9.17, 15) is 15.1 Å². The van der Waals surface area contributed by atoms with Gasteiger partial charge in [-0.2, -0.15) is 0 Å². The molecule has 0 aliphatic carbocycles. The van der Waals surface area contributed by atoms with Crippen molar-refractivity contribution in [3.05, 3.63) is 181 Å². The van der Waals surface area contributed by atoms with Gasteiger partial charge < -0.3 is 9.13 Å². The predicted octanol–water partition coefficient (Wildman–Crippen LogP) is 13.0. The molecule has 0 aliphatic heterocycles. The van der Waals surface area contributed by atoms with E-state index in [0.29, 0.717) is 0 Å². The van der Waals surface area contributed by atoms with Crippen molar-refractivity contribution in [1.29, 1.82) is 0 Å². The zero-order chi connectivity index (χ0) is 58.0. The van der Waals surface area contributed by atoms with E-state index >= 15 is 0 Å². The van der Waals surface area contributed by atoms with Gasteiger partial charge in [0.05, 0.1) is 61.8 Å². The van der Waals surface area contributed by atoms with Gasteiger partial charge in [0.1, 0.15) is 0 Å². The molecule has 0 saturated carbocycles. The molecule has 0 aliphatic rings. The number of aromatic nitrogens is 2. The van der Waals surface area contributed by atoms with Crippen LogP contribution in [0.2, 0.25) is 0 Å². The number of nitrogens with zero attached hydrogens (tertiary/aromatic N) is 2. The molecule has 0 atom stereocenters. The van der Waals surface area contributed by atoms with Crippen molar-refractivity contribution in [3.63, 3.8) is 0 Å². The second kappa shape index (κ2) is 10.4. The molecular weight excluding hydrogens is 605 g/mol. The lowest BCUT2D eigenvalue weighted by Crippen LogP contribution is -1.94. The van der Waals surface area contributed by atoms with Crippen LogP contribution in [-0.4, -0.2) is 9.13 Å². The molecule has 0 radical (unpaired) electrons. The van der Waals surface area contributed by atoms with E-state index in [2.05, 4.69) is 0 Å². The van der Waals surface area contributed by atoms with Gasteiger partial charge in [-0.05, 0) is 104 Å². The summed E-state index contributed by atoms with van der Waals surface area (Å²) in [5.41, 5.74) is -5.71. The first-order valence-corrected chi connectivity index (χ1v) is 14.9. The van der Waals surface area contributed by atoms with Gasteiger partial charge >= 0.3 is 0 Å². The van der Waals surface area contributed by atoms with Crippen LogP contribution in [0.4, 0.5) is 0 Å². The molecule has 0 bridgehead atoms. The smallest absolute Gasteiger partial charge is 0.0652 e. The topological polar surface area (TPSA) is 9.86 Å². The molecule has 2 heteroatoms. The van der Waals surface area contributed by atoms with E-state index in [0.717, 1.165) is 15.2 Å². The number of hydrogen-bond donors (Lipinski definition) is 0. The Morgan fingerprint density at radius 2 is 0.740 bits per heavy atom. The van der Waals surface area contributed by atoms with E-state index < -0.39 is 263 Å². The Kier molecular flexibility index (Phi) is 2.39. The molecule has 0 saturated heterocycles. The highest BCUT2D eigenvalue weighted by Crippen LogP contribution is 2.40. The third-order valence-electron chi connectivity index (χ3n) is 8.50. The standard InChI is InChI=1S/C48H30N2/c1-2-12-33(13-3-1)49-45-20-10-8-18-40(45)43-28-31(22-26-47(43)49)32-23-27-48-44(29-32)41-19-9-11-21-46(41)50(48)34-24-25-39-37-16-5-4-14-35(37)36-15-6-7-17-38(36)42(39)30-34/h1-30H/i1D,2D,3D,4D,5D,6D,7D,8D,9D,10D,11D,12D,13D,14D,16D,17D,18D,19D,20D,21D,22D,23D,24D,25D,26D,27D,28D,29D,30D. The summed E-state index contributed by atoms with van der Waals surface area (Å²) < 4.78 is 264. The summed E-state index contributed by atoms with van der Waals surface area (Å²) in [6.07, 6.45) is 0. The Bertz CT molecular complexity index is 4790. The number of benzene rings is 9. The molecule has 0 unspecified atom stereocenters. The molecule has 11 rings (SSSR count). The second-order valence-corrected chi connectivity index (χ2v) is 11.1. The van der Waals surface area contributed by atoms with E-state index in [1.54, 1.807) is 0 Å². The van der Waals surface area contributed by atoms with Crippen LogP contribution in [0.3, 0.4) is 0 Å². The number of rotatable bonds is 3. The van der Waals surface area contributed by atoms with Crippen molar-refractivity contribution in [3.8, 4) is 22.5 Å². The monoisotopic (exact) mass is 663 g/mol. The van der Waals surface area contributed by atoms with Crippen LogP contribution in [0.15, 0.2) is 181 Å². The summed E-state index contributed by atoms with van der Waals surface area (Å²) in [5, 5.41) is -4.70. The number of para-hydroxylation sites is 3. The quantitative estimate of drug-likeness (QED) is 0.167. The molecule has 50 heavy (non-hydrogen) atoms. The van der Waals surface area contributed by atoms with Gasteiger partial charge in [0.15, 0.2) is 0 Å². The molecule has 0 amide bonds. The molecule has 9 aromatic carbocycles. The Hall–Kier alpha value is -6.64. The summed E-state index contributed by atoms with van der Waals surface area (Å²) in [5.74, 6) is 0. The maximum atomic E-state index is 9.95. The Morgan fingerprint density at radius 3 is 1.38 bits per heavy atom. The fourth-order valence-electron chi connectivity index (χ4n) is 6.41. The van der Waals surface area contributed by atoms with Crippen LogP contribution in [0, 0.1) is 0 Å². The van der Waals surface area contributed by atoms with Crippen LogP contribution in [0.25, 0.3) is 98.4 Å². The van der Waals surface area contributed by atoms with Gasteiger partial charge in [0.25, 0.3) is 0 Å². The van der Waals surface area contributed by atoms with Gasteiger partial charge in [-0.15, -0.1) is 0 Å². The van der Waals surface area contributed by atoms with Gasteiger partial charge in [-0.1, -0.05) is 121 Å². The number of fused-ring (bicyclic) bond motifs is 12. The molecule has 232 valence electrons. The molecule has 2 nitrogen and oxygen atoms in total. The highest BCUT2D eigenvalue weighted by atomic mass is 15.0. The summed E-state index contributed by atoms with van der Waals surface area (Å²) >= 11 is 0. The van der Waals surface area contributed by atoms with E-state index in [4.69, 9.17) is 24.7 Å². The van der Waals surface area contributed by atoms with E-state index in [1.807, 2.05) is 0 Å². The SMILES string of the molecule is [2H]c1cc2c3c([2H])c([2H])c([2H])c([2H])c3c3c([2H])c([2H])c(-n4c5c([2H])c([2H])c([2H])c([2H])c5c5c([2H])c(-c6c([2H])c([2H])c7c(c6[2H])c6c([2H])c([2H])c([2H])c([2H])c6n7-c6c([2H])c([2H])c([2H])c([2H])c6[2H])c([2H])c([2H])c54)c([2H])c3c2c([2H])c1[2H]. The first kappa shape index (κ1) is 11.5. The first-order chi connectivity index (χ1) is 36.9. The largest absolute Gasteiger partial charge is 0.309 e. The molecular formula is C48H30N2. The average Bonchev–Trinajstić information content (AvgIpc) is 2.82. The average molecular weight is 664 g/mol. The Balaban J connectivity index is 1.36. The Morgan fingerprint density at radius 1 is 0.280 bits per heavy atom. The minimum Gasteiger partial charge on any atom is -0.309 e. The fraction of sp³-hybridized carbons (Fsp3) is 0. The van der Waals surface area contributed by atoms with Gasteiger partial charge in [0, 0.05) is 32.9 Å². The molecule has 2 aromatic heterocycles. The minimum absolute atomic E-state index is 0.232. The van der Waals surface area contributed by atoms with Crippen LogP contribution in [0.5, 0.6) is 0 Å². The van der Waals surface area contributed by atoms with Crippen LogP contribution in [-0.2, 0) is 0 Å². The van der Waals surface area contributed by atoms with Gasteiger partial charge in [-0.25, -0.2) is 0 Å². The zero-order valence-corrected chi connectivity index (χ0v) is 25.0. The molecule has 0 fully saturated rings. The maximum absolute atomic E-state index is 9.95. The van der Waals surface area contributed by atoms with Crippen molar-refractivity contribution in [2.24, 2.45) is 0 Å². The van der Waals surface area contributed by atoms with Crippen molar-refractivity contribution in [1.82, 2.24) is 9.13 Å². The second-order valence-electron chi connectivity index (χ2n) is 11.1. The normalized spacial score (nSPS) is 20.1. The Labute approximate surface area is 329 Å². The fourth-order valence-corrected chi connectivity index (χ4v) is 6.41. The zero-order valence-electron chi connectivity index (χ0n) is 54.0. The highest BCUT2D eigenvalue weighted by Gasteiger charge is 2.17. The maximum Gasteiger partial charge on any atom is 0.0652 e. The lowest BCUT2D eigenvalue weighted by Gasteiger charge is -2.14. The van der Waals surface area contributed by atoms with Crippen LogP contribution in [0.1, 0.15) is 39.8 Å². The lowest BCUT2D eigenvalue weighted by molar-refractivity contribution is 1.18. The number of hydrogen-bond acceptors (Lipinski definition) is 0. The van der Waals surface area contributed by atoms with Crippen LogP contribution < -0.4 is 0 Å². The van der Waals surface area contributed by atoms with Crippen molar-refractivity contribution < 1.29 is 39.8 Å². The van der Waals surface area contributed by atoms with E-state index in [1.165, 1.54) is 0 Å². The summed E-state index contributed by atoms with van der Waals surface area (Å²) in [6, 6.07) is -24.2. The molecule has 0 spiro atoms. The molecule has 0 N–H and O–H groups in total. The third kappa shape index (κ3) is 3.85. The van der Waals surface area contributed by atoms with Gasteiger partial charge in [-0.3, -0.25) is 0 Å². The summed E-state index contributed by atoms with van der Waals surface area (Å²) in [4.78, 5) is 0. The van der Waals surface area contributed by atoms with Crippen molar-refractivity contribution >= 4 is 75.9 Å². The van der Waals surface area contributed by atoms with Crippen molar-refractivity contribution in [2.75, 3.05) is 0 Å². The first-order valence-electron chi connectivity index (χ1n) is 29.4. The molecule has 2 heterocycles. The van der Waals surface area contributed by atoms with Crippen LogP contribution >= 0.6 is 0 Å². The molecule has 11 aromatic rings. The third-order valence-corrected chi connectivity index (χ3v) is 8.50. The van der Waals surface area contributed by atoms with Gasteiger partial charge in [0.2, 0.25) is 0 Å². The van der Waals surface area contributed by atoms with E-state index in [-0.39, 0.29) is 10.8 Å².